The Morgan fingerprint density at radius 1 is 1.24 bits per heavy atom. The van der Waals surface area contributed by atoms with Crippen molar-refractivity contribution < 1.29 is 9.58 Å². The topological polar surface area (TPSA) is 65.5 Å². The molecule has 1 atom stereocenters. The summed E-state index contributed by atoms with van der Waals surface area (Å²) >= 11 is 0. The number of nitrogens with one attached hydrogen (secondary N) is 1. The van der Waals surface area contributed by atoms with Gasteiger partial charge in [-0.15, -0.1) is 0 Å². The molecule has 4 nitrogen and oxygen atoms in total. The first-order valence-corrected chi connectivity index (χ1v) is 5.24. The Morgan fingerprint density at radius 3 is 2.71 bits per heavy atom. The molecule has 84 valence electrons. The van der Waals surface area contributed by atoms with Crippen LogP contribution in [-0.4, -0.2) is 22.5 Å². The summed E-state index contributed by atoms with van der Waals surface area (Å²) in [5, 5.41) is 2.77. The van der Waals surface area contributed by atoms with E-state index in [0.29, 0.717) is 11.3 Å². The Labute approximate surface area is 98.9 Å². The summed E-state index contributed by atoms with van der Waals surface area (Å²) in [6, 6.07) is 8.51. The molecule has 1 aromatic rings. The third-order valence-electron chi connectivity index (χ3n) is 2.44. The molecule has 0 saturated carbocycles. The number of carbonyl (C=O) groups excluding carboxylic acids is 1. The number of nitrogens with zero attached hydrogens (tertiary/aromatic N) is 2. The Hall–Kier alpha value is -2.45. The SMILES string of the molecule is [N-]=[N+]=C1C=CC=CC1NC(=O)c1ccccc1. The summed E-state index contributed by atoms with van der Waals surface area (Å²) < 4.78 is 0. The predicted octanol–water partition coefficient (Wildman–Crippen LogP) is 1.58. The summed E-state index contributed by atoms with van der Waals surface area (Å²) in [4.78, 5) is 15.0. The van der Waals surface area contributed by atoms with Crippen LogP contribution in [0.25, 0.3) is 5.53 Å². The molecule has 2 rings (SSSR count). The van der Waals surface area contributed by atoms with Crippen LogP contribution in [0.3, 0.4) is 0 Å². The molecule has 1 aliphatic rings. The highest BCUT2D eigenvalue weighted by molar-refractivity contribution is 6.03. The lowest BCUT2D eigenvalue weighted by Crippen LogP contribution is -2.39. The van der Waals surface area contributed by atoms with Crippen molar-refractivity contribution in [3.63, 3.8) is 0 Å². The van der Waals surface area contributed by atoms with Crippen molar-refractivity contribution in [2.75, 3.05) is 0 Å². The van der Waals surface area contributed by atoms with Crippen molar-refractivity contribution in [2.24, 2.45) is 0 Å². The van der Waals surface area contributed by atoms with E-state index < -0.39 is 6.04 Å². The Bertz CT molecular complexity index is 525. The fourth-order valence-corrected chi connectivity index (χ4v) is 1.56. The number of carbonyl (C=O) groups is 1. The number of hydrogen-bond donors (Lipinski definition) is 1. The molecule has 1 unspecified atom stereocenters. The molecule has 1 amide bonds. The number of benzene rings is 1. The summed E-state index contributed by atoms with van der Waals surface area (Å²) in [5.41, 5.74) is 9.79. The highest BCUT2D eigenvalue weighted by Gasteiger charge is 2.22. The standard InChI is InChI=1S/C13H11N3O/c14-16-12-9-5-4-8-11(12)15-13(17)10-6-2-1-3-7-10/h1-9,11H,(H,15,17). The zero-order valence-corrected chi connectivity index (χ0v) is 9.08. The molecular formula is C13H11N3O. The van der Waals surface area contributed by atoms with E-state index in [9.17, 15) is 4.79 Å². The van der Waals surface area contributed by atoms with Gasteiger partial charge in [0.05, 0.1) is 0 Å². The van der Waals surface area contributed by atoms with Crippen LogP contribution >= 0.6 is 0 Å². The highest BCUT2D eigenvalue weighted by Crippen LogP contribution is 2.03. The van der Waals surface area contributed by atoms with E-state index >= 15 is 0 Å². The molecule has 0 radical (unpaired) electrons. The number of hydrogen-bond acceptors (Lipinski definition) is 1. The van der Waals surface area contributed by atoms with E-state index in [1.54, 1.807) is 48.6 Å². The summed E-state index contributed by atoms with van der Waals surface area (Å²) in [6.45, 7) is 0. The molecule has 0 spiro atoms. The highest BCUT2D eigenvalue weighted by atomic mass is 16.1. The van der Waals surface area contributed by atoms with Crippen LogP contribution in [0.2, 0.25) is 0 Å². The van der Waals surface area contributed by atoms with Gasteiger partial charge in [-0.3, -0.25) is 4.79 Å². The first-order chi connectivity index (χ1) is 8.31. The van der Waals surface area contributed by atoms with Gasteiger partial charge in [-0.25, -0.2) is 0 Å². The number of amides is 1. The lowest BCUT2D eigenvalue weighted by molar-refractivity contribution is -0.00756. The van der Waals surface area contributed by atoms with Crippen LogP contribution in [0.1, 0.15) is 10.4 Å². The first kappa shape index (κ1) is 11.0. The molecular weight excluding hydrogens is 214 g/mol. The molecule has 0 aromatic heterocycles. The van der Waals surface area contributed by atoms with Crippen molar-refractivity contribution in [1.29, 1.82) is 0 Å². The van der Waals surface area contributed by atoms with Crippen LogP contribution in [0.4, 0.5) is 0 Å². The van der Waals surface area contributed by atoms with Crippen LogP contribution in [0.15, 0.2) is 54.6 Å². The molecule has 1 aromatic carbocycles. The van der Waals surface area contributed by atoms with Crippen molar-refractivity contribution >= 4 is 11.6 Å². The van der Waals surface area contributed by atoms with Crippen LogP contribution < -0.4 is 5.32 Å². The maximum atomic E-state index is 11.9. The normalized spacial score (nSPS) is 17.6. The predicted molar refractivity (Wildman–Crippen MR) is 64.6 cm³/mol. The average molecular weight is 225 g/mol. The van der Waals surface area contributed by atoms with Gasteiger partial charge in [0.15, 0.2) is 0 Å². The van der Waals surface area contributed by atoms with Gasteiger partial charge in [0.2, 0.25) is 0 Å². The second-order valence-corrected chi connectivity index (χ2v) is 3.59. The van der Waals surface area contributed by atoms with Gasteiger partial charge < -0.3 is 10.8 Å². The monoisotopic (exact) mass is 225 g/mol. The average Bonchev–Trinajstić information content (AvgIpc) is 2.40. The molecule has 0 saturated heterocycles. The molecule has 4 heteroatoms. The summed E-state index contributed by atoms with van der Waals surface area (Å²) in [6.07, 6.45) is 6.96. The first-order valence-electron chi connectivity index (χ1n) is 5.24. The molecule has 0 heterocycles. The fourth-order valence-electron chi connectivity index (χ4n) is 1.56. The molecule has 0 fully saturated rings. The van der Waals surface area contributed by atoms with E-state index in [1.165, 1.54) is 0 Å². The minimum Gasteiger partial charge on any atom is -0.361 e. The molecule has 0 bridgehead atoms. The van der Waals surface area contributed by atoms with Crippen molar-refractivity contribution in [3.05, 3.63) is 65.7 Å². The van der Waals surface area contributed by atoms with E-state index in [0.717, 1.165) is 0 Å². The molecule has 0 aliphatic heterocycles. The Balaban J connectivity index is 2.12. The minimum absolute atomic E-state index is 0.197. The third-order valence-corrected chi connectivity index (χ3v) is 2.44. The van der Waals surface area contributed by atoms with Gasteiger partial charge in [-0.05, 0) is 12.1 Å². The van der Waals surface area contributed by atoms with Crippen LogP contribution in [0, 0.1) is 0 Å². The molecule has 1 aliphatic carbocycles. The van der Waals surface area contributed by atoms with Gasteiger partial charge in [0.25, 0.3) is 5.91 Å². The lowest BCUT2D eigenvalue weighted by Gasteiger charge is -2.11. The van der Waals surface area contributed by atoms with Gasteiger partial charge in [0.1, 0.15) is 6.04 Å². The zero-order valence-electron chi connectivity index (χ0n) is 9.08. The van der Waals surface area contributed by atoms with E-state index in [4.69, 9.17) is 5.53 Å². The van der Waals surface area contributed by atoms with E-state index in [-0.39, 0.29) is 5.91 Å². The lowest BCUT2D eigenvalue weighted by atomic mass is 10.1. The van der Waals surface area contributed by atoms with E-state index in [2.05, 4.69) is 10.1 Å². The largest absolute Gasteiger partial charge is 0.361 e. The molecule has 1 N–H and O–H groups in total. The van der Waals surface area contributed by atoms with Gasteiger partial charge in [0, 0.05) is 11.6 Å². The summed E-state index contributed by atoms with van der Waals surface area (Å²) in [7, 11) is 0. The van der Waals surface area contributed by atoms with E-state index in [1.807, 2.05) is 6.07 Å². The second kappa shape index (κ2) is 5.05. The quantitative estimate of drug-likeness (QED) is 0.602. The van der Waals surface area contributed by atoms with Crippen LogP contribution in [-0.2, 0) is 0 Å². The van der Waals surface area contributed by atoms with Gasteiger partial charge in [-0.2, -0.15) is 4.79 Å². The van der Waals surface area contributed by atoms with Gasteiger partial charge >= 0.3 is 5.71 Å². The maximum Gasteiger partial charge on any atom is 0.318 e. The minimum atomic E-state index is -0.391. The third kappa shape index (κ3) is 2.56. The Kier molecular flexibility index (Phi) is 3.28. The molecule has 17 heavy (non-hydrogen) atoms. The number of allylic oxidation sites excluding steroid dienone is 2. The summed E-state index contributed by atoms with van der Waals surface area (Å²) in [5.74, 6) is -0.197. The van der Waals surface area contributed by atoms with Crippen LogP contribution in [0.5, 0.6) is 0 Å². The fraction of sp³-hybridized carbons (Fsp3) is 0.0769. The smallest absolute Gasteiger partial charge is 0.318 e. The maximum absolute atomic E-state index is 11.9. The second-order valence-electron chi connectivity index (χ2n) is 3.59. The van der Waals surface area contributed by atoms with Crippen molar-refractivity contribution in [2.45, 2.75) is 6.04 Å². The zero-order chi connectivity index (χ0) is 12.1. The van der Waals surface area contributed by atoms with Crippen molar-refractivity contribution in [1.82, 2.24) is 5.32 Å². The van der Waals surface area contributed by atoms with Gasteiger partial charge in [-0.1, -0.05) is 36.4 Å². The van der Waals surface area contributed by atoms with Crippen molar-refractivity contribution in [3.8, 4) is 0 Å². The number of rotatable bonds is 2. The Morgan fingerprint density at radius 2 is 2.00 bits per heavy atom.